The van der Waals surface area contributed by atoms with Gasteiger partial charge in [-0.1, -0.05) is 29.8 Å². The minimum atomic E-state index is -3.81. The number of hydrogen-bond acceptors (Lipinski definition) is 3. The van der Waals surface area contributed by atoms with Crippen molar-refractivity contribution in [2.24, 2.45) is 7.05 Å². The molecule has 0 aliphatic rings. The molecule has 6 heteroatoms. The van der Waals surface area contributed by atoms with E-state index in [0.717, 1.165) is 9.54 Å². The van der Waals surface area contributed by atoms with Crippen LogP contribution in [0.25, 0.3) is 11.0 Å². The lowest BCUT2D eigenvalue weighted by Crippen LogP contribution is -2.29. The molecule has 0 fully saturated rings. The number of nitrogens with zero attached hydrogens (tertiary/aromatic N) is 2. The molecule has 0 saturated carbocycles. The molecule has 0 spiro atoms. The molecule has 114 valence electrons. The van der Waals surface area contributed by atoms with Crippen molar-refractivity contribution in [3.63, 3.8) is 0 Å². The lowest BCUT2D eigenvalue weighted by atomic mass is 10.2. The molecule has 0 atom stereocenters. The Morgan fingerprint density at radius 2 is 1.64 bits per heavy atom. The van der Waals surface area contributed by atoms with E-state index in [0.29, 0.717) is 16.6 Å². The van der Waals surface area contributed by atoms with Crippen LogP contribution in [0.3, 0.4) is 0 Å². The summed E-state index contributed by atoms with van der Waals surface area (Å²) in [4.78, 5) is 0.230. The molecule has 3 aromatic rings. The van der Waals surface area contributed by atoms with Crippen molar-refractivity contribution >= 4 is 21.1 Å². The second kappa shape index (κ2) is 4.84. The fourth-order valence-electron chi connectivity index (χ4n) is 2.71. The highest BCUT2D eigenvalue weighted by molar-refractivity contribution is 7.90. The van der Waals surface area contributed by atoms with Crippen LogP contribution in [-0.2, 0) is 17.1 Å². The third-order valence-corrected chi connectivity index (χ3v) is 5.68. The fourth-order valence-corrected chi connectivity index (χ4v) is 4.38. The van der Waals surface area contributed by atoms with Crippen LogP contribution in [0.5, 0.6) is 0 Å². The number of fused-ring (bicyclic) bond motifs is 1. The Morgan fingerprint density at radius 1 is 1.00 bits per heavy atom. The first-order valence-electron chi connectivity index (χ1n) is 6.88. The van der Waals surface area contributed by atoms with Crippen molar-refractivity contribution < 1.29 is 8.42 Å². The van der Waals surface area contributed by atoms with Gasteiger partial charge in [-0.15, -0.1) is 0 Å². The van der Waals surface area contributed by atoms with Crippen molar-refractivity contribution in [3.8, 4) is 0 Å². The Bertz CT molecular complexity index is 1040. The summed E-state index contributed by atoms with van der Waals surface area (Å²) in [5.74, 6) is 0. The summed E-state index contributed by atoms with van der Waals surface area (Å²) in [6, 6.07) is 12.3. The topological polar surface area (TPSA) is 67.8 Å². The lowest BCUT2D eigenvalue weighted by Gasteiger charge is -2.10. The lowest BCUT2D eigenvalue weighted by molar-refractivity contribution is 0.583. The summed E-state index contributed by atoms with van der Waals surface area (Å²) in [5.41, 5.74) is 2.84. The molecule has 0 aliphatic heterocycles. The SMILES string of the molecule is Cc1ccc(S(=O)(=O)n2c(=N)n(C)c3ccccc32)c(C)c1. The molecule has 0 saturated heterocycles. The van der Waals surface area contributed by atoms with Gasteiger partial charge in [0.15, 0.2) is 0 Å². The summed E-state index contributed by atoms with van der Waals surface area (Å²) < 4.78 is 28.8. The summed E-state index contributed by atoms with van der Waals surface area (Å²) in [6.07, 6.45) is 0. The highest BCUT2D eigenvalue weighted by atomic mass is 32.2. The molecular formula is C16H17N3O2S. The van der Waals surface area contributed by atoms with Gasteiger partial charge in [-0.2, -0.15) is 0 Å². The zero-order valence-electron chi connectivity index (χ0n) is 12.7. The van der Waals surface area contributed by atoms with Gasteiger partial charge in [0.05, 0.1) is 15.9 Å². The van der Waals surface area contributed by atoms with Gasteiger partial charge < -0.3 is 4.57 Å². The van der Waals surface area contributed by atoms with Crippen molar-refractivity contribution in [2.75, 3.05) is 0 Å². The standard InChI is InChI=1S/C16H17N3O2S/c1-11-8-9-15(12(2)10-11)22(20,21)19-14-7-5-4-6-13(14)18(3)16(19)17/h4-10,17H,1-3H3. The first-order chi connectivity index (χ1) is 10.3. The number of aromatic nitrogens is 2. The molecule has 0 aliphatic carbocycles. The maximum Gasteiger partial charge on any atom is 0.271 e. The molecule has 5 nitrogen and oxygen atoms in total. The molecule has 1 heterocycles. The van der Waals surface area contributed by atoms with Gasteiger partial charge in [-0.05, 0) is 37.6 Å². The van der Waals surface area contributed by atoms with Crippen LogP contribution in [-0.4, -0.2) is 17.0 Å². The average Bonchev–Trinajstić information content (AvgIpc) is 2.71. The van der Waals surface area contributed by atoms with Gasteiger partial charge in [0.1, 0.15) is 0 Å². The molecule has 2 aromatic carbocycles. The maximum absolute atomic E-state index is 13.0. The predicted molar refractivity (Wildman–Crippen MR) is 85.3 cm³/mol. The Labute approximate surface area is 129 Å². The Hall–Kier alpha value is -2.34. The van der Waals surface area contributed by atoms with Crippen LogP contribution in [0, 0.1) is 19.3 Å². The van der Waals surface area contributed by atoms with E-state index < -0.39 is 10.0 Å². The molecule has 3 rings (SSSR count). The molecule has 1 aromatic heterocycles. The number of aryl methyl sites for hydroxylation is 3. The highest BCUT2D eigenvalue weighted by Crippen LogP contribution is 2.22. The molecule has 0 bridgehead atoms. The van der Waals surface area contributed by atoms with Gasteiger partial charge in [0.2, 0.25) is 5.62 Å². The van der Waals surface area contributed by atoms with Crippen LogP contribution >= 0.6 is 0 Å². The molecule has 0 amide bonds. The quantitative estimate of drug-likeness (QED) is 0.788. The van der Waals surface area contributed by atoms with Gasteiger partial charge in [0, 0.05) is 7.05 Å². The van der Waals surface area contributed by atoms with Crippen molar-refractivity contribution in [3.05, 3.63) is 59.2 Å². The number of rotatable bonds is 2. The Balaban J connectivity index is 2.40. The maximum atomic E-state index is 13.0. The Morgan fingerprint density at radius 3 is 2.27 bits per heavy atom. The minimum absolute atomic E-state index is 0.0684. The second-order valence-electron chi connectivity index (χ2n) is 5.41. The third kappa shape index (κ3) is 1.99. The van der Waals surface area contributed by atoms with Crippen molar-refractivity contribution in [1.82, 2.24) is 8.54 Å². The van der Waals surface area contributed by atoms with E-state index in [9.17, 15) is 8.42 Å². The zero-order chi connectivity index (χ0) is 16.1. The van der Waals surface area contributed by atoms with Crippen LogP contribution < -0.4 is 5.62 Å². The monoisotopic (exact) mass is 315 g/mol. The van der Waals surface area contributed by atoms with E-state index >= 15 is 0 Å². The van der Waals surface area contributed by atoms with E-state index in [1.54, 1.807) is 48.9 Å². The van der Waals surface area contributed by atoms with Crippen molar-refractivity contribution in [1.29, 1.82) is 5.41 Å². The van der Waals surface area contributed by atoms with Crippen LogP contribution in [0.2, 0.25) is 0 Å². The number of imidazole rings is 1. The summed E-state index contributed by atoms with van der Waals surface area (Å²) in [5, 5.41) is 8.19. The second-order valence-corrected chi connectivity index (χ2v) is 7.16. The van der Waals surface area contributed by atoms with Crippen LogP contribution in [0.1, 0.15) is 11.1 Å². The zero-order valence-corrected chi connectivity index (χ0v) is 13.5. The van der Waals surface area contributed by atoms with Crippen molar-refractivity contribution in [2.45, 2.75) is 18.7 Å². The van der Waals surface area contributed by atoms with Gasteiger partial charge in [-0.3, -0.25) is 5.41 Å². The van der Waals surface area contributed by atoms with Gasteiger partial charge in [-0.25, -0.2) is 12.4 Å². The first-order valence-corrected chi connectivity index (χ1v) is 8.32. The molecule has 0 radical (unpaired) electrons. The molecular weight excluding hydrogens is 298 g/mol. The summed E-state index contributed by atoms with van der Waals surface area (Å²) in [7, 11) is -2.12. The third-order valence-electron chi connectivity index (χ3n) is 3.82. The normalized spacial score (nSPS) is 12.0. The van der Waals surface area contributed by atoms with Gasteiger partial charge >= 0.3 is 0 Å². The smallest absolute Gasteiger partial charge is 0.271 e. The number of nitrogens with one attached hydrogen (secondary N) is 1. The molecule has 1 N–H and O–H groups in total. The van der Waals surface area contributed by atoms with E-state index in [-0.39, 0.29) is 10.5 Å². The average molecular weight is 315 g/mol. The number of para-hydroxylation sites is 2. The first kappa shape index (κ1) is 14.6. The minimum Gasteiger partial charge on any atom is -0.313 e. The highest BCUT2D eigenvalue weighted by Gasteiger charge is 2.24. The Kier molecular flexibility index (Phi) is 3.21. The summed E-state index contributed by atoms with van der Waals surface area (Å²) in [6.45, 7) is 3.69. The van der Waals surface area contributed by atoms with E-state index in [1.807, 2.05) is 19.1 Å². The van der Waals surface area contributed by atoms with E-state index in [2.05, 4.69) is 0 Å². The van der Waals surface area contributed by atoms with E-state index in [4.69, 9.17) is 5.41 Å². The largest absolute Gasteiger partial charge is 0.313 e. The predicted octanol–water partition coefficient (Wildman–Crippen LogP) is 2.31. The number of benzene rings is 2. The van der Waals surface area contributed by atoms with Crippen LogP contribution in [0.15, 0.2) is 47.4 Å². The summed E-state index contributed by atoms with van der Waals surface area (Å²) >= 11 is 0. The van der Waals surface area contributed by atoms with Crippen LogP contribution in [0.4, 0.5) is 0 Å². The van der Waals surface area contributed by atoms with Gasteiger partial charge in [0.25, 0.3) is 10.0 Å². The van der Waals surface area contributed by atoms with E-state index in [1.165, 1.54) is 0 Å². The molecule has 0 unspecified atom stereocenters. The molecule has 22 heavy (non-hydrogen) atoms. The number of hydrogen-bond donors (Lipinski definition) is 1. The fraction of sp³-hybridized carbons (Fsp3) is 0.188.